The Morgan fingerprint density at radius 2 is 1.84 bits per heavy atom. The summed E-state index contributed by atoms with van der Waals surface area (Å²) in [5, 5.41) is 11.9. The van der Waals surface area contributed by atoms with Gasteiger partial charge >= 0.3 is 0 Å². The minimum Gasteiger partial charge on any atom is -0.482 e. The van der Waals surface area contributed by atoms with Crippen LogP contribution in [0.15, 0.2) is 48.5 Å². The van der Waals surface area contributed by atoms with Crippen molar-refractivity contribution in [1.29, 1.82) is 5.26 Å². The third-order valence-corrected chi connectivity index (χ3v) is 5.02. The molecule has 3 N–H and O–H groups in total. The van der Waals surface area contributed by atoms with E-state index in [-0.39, 0.29) is 16.3 Å². The van der Waals surface area contributed by atoms with Crippen LogP contribution in [0.25, 0.3) is 0 Å². The zero-order valence-electron chi connectivity index (χ0n) is 16.7. The lowest BCUT2D eigenvalue weighted by Gasteiger charge is -2.19. The number of amides is 3. The Morgan fingerprint density at radius 1 is 1.13 bits per heavy atom. The van der Waals surface area contributed by atoms with Crippen LogP contribution in [-0.4, -0.2) is 42.4 Å². The molecule has 2 aromatic carbocycles. The molecule has 0 aromatic heterocycles. The molecular formula is C21H21ClN4O4S. The van der Waals surface area contributed by atoms with E-state index < -0.39 is 30.4 Å². The molecule has 0 aliphatic carbocycles. The van der Waals surface area contributed by atoms with E-state index in [0.29, 0.717) is 17.7 Å². The summed E-state index contributed by atoms with van der Waals surface area (Å²) in [6.45, 7) is -0.402. The topological polar surface area (TPSA) is 120 Å². The van der Waals surface area contributed by atoms with Gasteiger partial charge in [0.05, 0.1) is 16.1 Å². The van der Waals surface area contributed by atoms with Crippen molar-refractivity contribution in [2.45, 2.75) is 12.5 Å². The number of carbonyl (C=O) groups is 3. The molecule has 2 rings (SSSR count). The second-order valence-corrected chi connectivity index (χ2v) is 7.61. The van der Waals surface area contributed by atoms with Crippen LogP contribution in [0.1, 0.15) is 22.3 Å². The van der Waals surface area contributed by atoms with Crippen LogP contribution in [0.2, 0.25) is 5.02 Å². The number of carbonyl (C=O) groups excluding carboxylic acids is 3. The molecule has 31 heavy (non-hydrogen) atoms. The SMILES string of the molecule is CSCCC(NC(=O)c1ccccc1Cl)C(=O)NNC(=O)COc1ccccc1C#N. The predicted molar refractivity (Wildman–Crippen MR) is 119 cm³/mol. The smallest absolute Gasteiger partial charge is 0.276 e. The second kappa shape index (κ2) is 12.5. The number of hydrogen-bond acceptors (Lipinski definition) is 6. The third-order valence-electron chi connectivity index (χ3n) is 4.04. The number of nitrogens with one attached hydrogen (secondary N) is 3. The van der Waals surface area contributed by atoms with Gasteiger partial charge in [0.2, 0.25) is 0 Å². The maximum atomic E-state index is 12.5. The summed E-state index contributed by atoms with van der Waals surface area (Å²) < 4.78 is 5.31. The highest BCUT2D eigenvalue weighted by molar-refractivity contribution is 7.98. The Morgan fingerprint density at radius 3 is 2.55 bits per heavy atom. The molecule has 0 bridgehead atoms. The fraction of sp³-hybridized carbons (Fsp3) is 0.238. The Kier molecular flexibility index (Phi) is 9.68. The largest absolute Gasteiger partial charge is 0.482 e. The molecule has 162 valence electrons. The van der Waals surface area contributed by atoms with Crippen molar-refractivity contribution in [3.8, 4) is 11.8 Å². The summed E-state index contributed by atoms with van der Waals surface area (Å²) in [5.74, 6) is -0.823. The summed E-state index contributed by atoms with van der Waals surface area (Å²) in [5.41, 5.74) is 5.07. The maximum Gasteiger partial charge on any atom is 0.276 e. The van der Waals surface area contributed by atoms with E-state index in [9.17, 15) is 14.4 Å². The first-order valence-electron chi connectivity index (χ1n) is 9.21. The van der Waals surface area contributed by atoms with Crippen LogP contribution in [0.4, 0.5) is 0 Å². The first-order valence-corrected chi connectivity index (χ1v) is 11.0. The number of hydrazine groups is 1. The lowest BCUT2D eigenvalue weighted by atomic mass is 10.1. The standard InChI is InChI=1S/C21H21ClN4O4S/c1-31-11-10-17(24-20(28)15-7-3-4-8-16(15)22)21(29)26-25-19(27)13-30-18-9-5-2-6-14(18)12-23/h2-9,17H,10-11,13H2,1H3,(H,24,28)(H,25,27)(H,26,29). The van der Waals surface area contributed by atoms with Gasteiger partial charge in [0.15, 0.2) is 6.61 Å². The molecule has 0 saturated heterocycles. The molecular weight excluding hydrogens is 440 g/mol. The van der Waals surface area contributed by atoms with Crippen molar-refractivity contribution in [2.24, 2.45) is 0 Å². The quantitative estimate of drug-likeness (QED) is 0.494. The third kappa shape index (κ3) is 7.51. The normalized spacial score (nSPS) is 11.0. The van der Waals surface area contributed by atoms with Gasteiger partial charge in [-0.25, -0.2) is 0 Å². The Balaban J connectivity index is 1.91. The number of benzene rings is 2. The molecule has 1 unspecified atom stereocenters. The fourth-order valence-corrected chi connectivity index (χ4v) is 3.16. The van der Waals surface area contributed by atoms with Gasteiger partial charge in [-0.1, -0.05) is 35.9 Å². The maximum absolute atomic E-state index is 12.5. The predicted octanol–water partition coefficient (Wildman–Crippen LogP) is 2.29. The zero-order chi connectivity index (χ0) is 22.6. The highest BCUT2D eigenvalue weighted by Crippen LogP contribution is 2.16. The molecule has 1 atom stereocenters. The molecule has 0 fully saturated rings. The first-order chi connectivity index (χ1) is 15.0. The average molecular weight is 461 g/mol. The van der Waals surface area contributed by atoms with Gasteiger partial charge < -0.3 is 10.1 Å². The van der Waals surface area contributed by atoms with E-state index in [0.717, 1.165) is 0 Å². The minimum atomic E-state index is -0.878. The molecule has 0 aliphatic rings. The van der Waals surface area contributed by atoms with Crippen LogP contribution in [0.3, 0.4) is 0 Å². The molecule has 3 amide bonds. The van der Waals surface area contributed by atoms with Crippen LogP contribution in [0, 0.1) is 11.3 Å². The Hall–Kier alpha value is -3.22. The van der Waals surface area contributed by atoms with Crippen molar-refractivity contribution in [3.05, 3.63) is 64.7 Å². The minimum absolute atomic E-state index is 0.250. The number of hydrogen-bond donors (Lipinski definition) is 3. The molecule has 8 nitrogen and oxygen atoms in total. The van der Waals surface area contributed by atoms with E-state index in [4.69, 9.17) is 21.6 Å². The van der Waals surface area contributed by atoms with Crippen molar-refractivity contribution in [2.75, 3.05) is 18.6 Å². The van der Waals surface area contributed by atoms with Gasteiger partial charge in [-0.2, -0.15) is 17.0 Å². The number of nitriles is 1. The monoisotopic (exact) mass is 460 g/mol. The number of ether oxygens (including phenoxy) is 1. The van der Waals surface area contributed by atoms with E-state index >= 15 is 0 Å². The molecule has 0 heterocycles. The van der Waals surface area contributed by atoms with E-state index in [1.807, 2.05) is 12.3 Å². The van der Waals surface area contributed by atoms with E-state index in [2.05, 4.69) is 16.2 Å². The number of halogens is 1. The van der Waals surface area contributed by atoms with Gasteiger partial charge in [-0.3, -0.25) is 25.2 Å². The van der Waals surface area contributed by atoms with Crippen molar-refractivity contribution >= 4 is 41.1 Å². The summed E-state index contributed by atoms with van der Waals surface area (Å²) in [6.07, 6.45) is 2.23. The Bertz CT molecular complexity index is 980. The number of thioether (sulfide) groups is 1. The van der Waals surface area contributed by atoms with Crippen LogP contribution in [0.5, 0.6) is 5.75 Å². The van der Waals surface area contributed by atoms with Crippen molar-refractivity contribution in [3.63, 3.8) is 0 Å². The molecule has 0 spiro atoms. The van der Waals surface area contributed by atoms with Crippen molar-refractivity contribution < 1.29 is 19.1 Å². The molecule has 2 aromatic rings. The van der Waals surface area contributed by atoms with E-state index in [1.54, 1.807) is 48.5 Å². The van der Waals surface area contributed by atoms with Gasteiger partial charge in [0.1, 0.15) is 17.9 Å². The molecule has 10 heteroatoms. The second-order valence-electron chi connectivity index (χ2n) is 6.22. The van der Waals surface area contributed by atoms with Gasteiger partial charge in [0, 0.05) is 0 Å². The number of nitrogens with zero attached hydrogens (tertiary/aromatic N) is 1. The highest BCUT2D eigenvalue weighted by atomic mass is 35.5. The summed E-state index contributed by atoms with van der Waals surface area (Å²) in [6, 6.07) is 14.1. The molecule has 0 aliphatic heterocycles. The Labute approximate surface area is 189 Å². The summed E-state index contributed by atoms with van der Waals surface area (Å²) in [4.78, 5) is 37.0. The lowest BCUT2D eigenvalue weighted by molar-refractivity contribution is -0.130. The van der Waals surface area contributed by atoms with Gasteiger partial charge in [-0.15, -0.1) is 0 Å². The van der Waals surface area contributed by atoms with Crippen LogP contribution < -0.4 is 20.9 Å². The van der Waals surface area contributed by atoms with Gasteiger partial charge in [-0.05, 0) is 42.7 Å². The average Bonchev–Trinajstić information content (AvgIpc) is 2.79. The van der Waals surface area contributed by atoms with Crippen molar-refractivity contribution in [1.82, 2.24) is 16.2 Å². The fourth-order valence-electron chi connectivity index (χ4n) is 2.47. The first kappa shape index (κ1) is 24.1. The van der Waals surface area contributed by atoms with Crippen LogP contribution in [-0.2, 0) is 9.59 Å². The number of rotatable bonds is 9. The summed E-state index contributed by atoms with van der Waals surface area (Å²) in [7, 11) is 0. The van der Waals surface area contributed by atoms with Crippen LogP contribution >= 0.6 is 23.4 Å². The molecule has 0 saturated carbocycles. The highest BCUT2D eigenvalue weighted by Gasteiger charge is 2.22. The number of para-hydroxylation sites is 1. The summed E-state index contributed by atoms with van der Waals surface area (Å²) >= 11 is 7.56. The van der Waals surface area contributed by atoms with E-state index in [1.165, 1.54) is 11.8 Å². The molecule has 0 radical (unpaired) electrons. The zero-order valence-corrected chi connectivity index (χ0v) is 18.3. The van der Waals surface area contributed by atoms with Gasteiger partial charge in [0.25, 0.3) is 17.7 Å². The lowest BCUT2D eigenvalue weighted by Crippen LogP contribution is -2.53.